The molecule has 0 saturated carbocycles. The van der Waals surface area contributed by atoms with Gasteiger partial charge < -0.3 is 9.47 Å². The zero-order valence-electron chi connectivity index (χ0n) is 13.8. The first-order chi connectivity index (χ1) is 12.0. The molecule has 0 fully saturated rings. The molecule has 1 aromatic carbocycles. The third kappa shape index (κ3) is 3.50. The van der Waals surface area contributed by atoms with Gasteiger partial charge in [0.2, 0.25) is 0 Å². The highest BCUT2D eigenvalue weighted by atomic mass is 35.5. The molecule has 0 amide bonds. The van der Waals surface area contributed by atoms with Crippen molar-refractivity contribution in [3.05, 3.63) is 45.9 Å². The molecule has 0 spiro atoms. The fourth-order valence-electron chi connectivity index (χ4n) is 2.60. The average Bonchev–Trinajstić information content (AvgIpc) is 3.03. The Balaban J connectivity index is 2.24. The second kappa shape index (κ2) is 7.46. The lowest BCUT2D eigenvalue weighted by Crippen LogP contribution is -2.01. The molecule has 0 aliphatic heterocycles. The highest BCUT2D eigenvalue weighted by Gasteiger charge is 2.19. The quantitative estimate of drug-likeness (QED) is 0.483. The molecule has 0 N–H and O–H groups in total. The van der Waals surface area contributed by atoms with Gasteiger partial charge in [0.05, 0.1) is 37.3 Å². The van der Waals surface area contributed by atoms with Gasteiger partial charge >= 0.3 is 5.97 Å². The zero-order chi connectivity index (χ0) is 18.0. The van der Waals surface area contributed by atoms with E-state index in [0.717, 1.165) is 21.5 Å². The van der Waals surface area contributed by atoms with E-state index in [9.17, 15) is 4.79 Å². The number of hydrogen-bond acceptors (Lipinski definition) is 5. The maximum Gasteiger partial charge on any atom is 0.340 e. The average molecular weight is 372 g/mol. The lowest BCUT2D eigenvalue weighted by Gasteiger charge is -2.13. The summed E-state index contributed by atoms with van der Waals surface area (Å²) in [7, 11) is 6.91. The number of hydrogen-bond donors (Lipinski definition) is 0. The van der Waals surface area contributed by atoms with E-state index in [2.05, 4.69) is 4.98 Å². The fourth-order valence-corrected chi connectivity index (χ4v) is 3.78. The maximum absolute atomic E-state index is 12.0. The van der Waals surface area contributed by atoms with Crippen LogP contribution in [0.3, 0.4) is 0 Å². The van der Waals surface area contributed by atoms with Crippen LogP contribution in [-0.4, -0.2) is 32.5 Å². The second-order valence-corrected chi connectivity index (χ2v) is 6.72. The number of benzene rings is 1. The number of esters is 1. The maximum atomic E-state index is 12.0. The summed E-state index contributed by atoms with van der Waals surface area (Å²) < 4.78 is 11.5. The molecular formula is C18H15BClNO3S. The van der Waals surface area contributed by atoms with Crippen molar-refractivity contribution in [1.82, 2.24) is 4.98 Å². The van der Waals surface area contributed by atoms with E-state index in [4.69, 9.17) is 28.9 Å². The summed E-state index contributed by atoms with van der Waals surface area (Å²) in [6.07, 6.45) is 0.415. The van der Waals surface area contributed by atoms with Gasteiger partial charge in [0.15, 0.2) is 0 Å². The highest BCUT2D eigenvalue weighted by Crippen LogP contribution is 2.40. The van der Waals surface area contributed by atoms with Gasteiger partial charge in [0.25, 0.3) is 0 Å². The third-order valence-corrected chi connectivity index (χ3v) is 4.90. The largest absolute Gasteiger partial charge is 0.494 e. The first-order valence-corrected chi connectivity index (χ1v) is 8.91. The fraction of sp³-hybridized carbons (Fsp3) is 0.222. The number of carbonyl (C=O) groups is 1. The summed E-state index contributed by atoms with van der Waals surface area (Å²) in [6.45, 7) is 2.28. The number of pyridine rings is 1. The molecule has 3 aromatic rings. The number of nitrogens with zero attached hydrogens (tertiary/aromatic N) is 1. The molecule has 25 heavy (non-hydrogen) atoms. The predicted molar refractivity (Wildman–Crippen MR) is 102 cm³/mol. The van der Waals surface area contributed by atoms with Crippen LogP contribution in [0.4, 0.5) is 0 Å². The van der Waals surface area contributed by atoms with E-state index in [1.807, 2.05) is 25.1 Å². The van der Waals surface area contributed by atoms with Gasteiger partial charge in [-0.15, -0.1) is 11.3 Å². The number of ether oxygens (including phenoxy) is 2. The molecular weight excluding hydrogens is 357 g/mol. The Bertz CT molecular complexity index is 941. The first kappa shape index (κ1) is 17.8. The van der Waals surface area contributed by atoms with Crippen LogP contribution in [0.1, 0.15) is 16.1 Å². The Labute approximate surface area is 156 Å². The van der Waals surface area contributed by atoms with Gasteiger partial charge in [-0.2, -0.15) is 0 Å². The topological polar surface area (TPSA) is 48.4 Å². The summed E-state index contributed by atoms with van der Waals surface area (Å²) >= 11 is 7.64. The summed E-state index contributed by atoms with van der Waals surface area (Å²) in [4.78, 5) is 16.5. The van der Waals surface area contributed by atoms with Crippen molar-refractivity contribution < 1.29 is 14.3 Å². The third-order valence-electron chi connectivity index (χ3n) is 3.66. The standard InChI is InChI=1S/C18H15BClNO3S/c1-10-7-13(12-8-11(20)3-4-15(12)24-6-5-19)17-16(21-10)14(9-25-17)18(22)23-2/h3-4,7-9H,5-6H2,1-2H3. The molecule has 0 aliphatic carbocycles. The van der Waals surface area contributed by atoms with Crippen molar-refractivity contribution in [1.29, 1.82) is 0 Å². The lowest BCUT2D eigenvalue weighted by molar-refractivity contribution is 0.0603. The minimum atomic E-state index is -0.402. The lowest BCUT2D eigenvalue weighted by atomic mass is 10.0. The number of carbonyl (C=O) groups excluding carboxylic acids is 1. The number of aromatic nitrogens is 1. The SMILES string of the molecule is [B]CCOc1ccc(Cl)cc1-c1cc(C)nc2c(C(=O)OC)csc12. The van der Waals surface area contributed by atoms with Crippen molar-refractivity contribution in [2.45, 2.75) is 13.2 Å². The van der Waals surface area contributed by atoms with E-state index in [1.54, 1.807) is 11.4 Å². The molecule has 126 valence electrons. The van der Waals surface area contributed by atoms with E-state index in [-0.39, 0.29) is 0 Å². The van der Waals surface area contributed by atoms with Gasteiger partial charge in [0, 0.05) is 27.2 Å². The van der Waals surface area contributed by atoms with E-state index in [0.29, 0.717) is 34.8 Å². The molecule has 2 heterocycles. The minimum Gasteiger partial charge on any atom is -0.494 e. The van der Waals surface area contributed by atoms with Crippen LogP contribution in [0.25, 0.3) is 21.3 Å². The Morgan fingerprint density at radius 3 is 2.84 bits per heavy atom. The summed E-state index contributed by atoms with van der Waals surface area (Å²) in [5.74, 6) is 0.288. The molecule has 0 aliphatic rings. The predicted octanol–water partition coefficient (Wildman–Crippen LogP) is 4.68. The van der Waals surface area contributed by atoms with Crippen LogP contribution in [-0.2, 0) is 4.74 Å². The molecule has 7 heteroatoms. The smallest absolute Gasteiger partial charge is 0.340 e. The minimum absolute atomic E-state index is 0.402. The molecule has 0 saturated heterocycles. The van der Waals surface area contributed by atoms with Crippen LogP contribution in [0.15, 0.2) is 29.6 Å². The van der Waals surface area contributed by atoms with E-state index in [1.165, 1.54) is 18.4 Å². The van der Waals surface area contributed by atoms with E-state index < -0.39 is 5.97 Å². The molecule has 3 rings (SSSR count). The van der Waals surface area contributed by atoms with Gasteiger partial charge in [-0.3, -0.25) is 4.98 Å². The highest BCUT2D eigenvalue weighted by molar-refractivity contribution is 7.18. The van der Waals surface area contributed by atoms with E-state index >= 15 is 0 Å². The summed E-state index contributed by atoms with van der Waals surface area (Å²) in [5, 5.41) is 2.36. The van der Waals surface area contributed by atoms with Crippen molar-refractivity contribution in [3.8, 4) is 16.9 Å². The van der Waals surface area contributed by atoms with Crippen LogP contribution in [0.5, 0.6) is 5.75 Å². The molecule has 4 nitrogen and oxygen atoms in total. The number of methoxy groups -OCH3 is 1. The van der Waals surface area contributed by atoms with Gasteiger partial charge in [0.1, 0.15) is 5.75 Å². The Morgan fingerprint density at radius 1 is 1.32 bits per heavy atom. The zero-order valence-corrected chi connectivity index (χ0v) is 15.4. The van der Waals surface area contributed by atoms with Crippen LogP contribution < -0.4 is 4.74 Å². The Hall–Kier alpha value is -2.05. The second-order valence-electron chi connectivity index (χ2n) is 5.41. The molecule has 2 radical (unpaired) electrons. The number of rotatable bonds is 5. The van der Waals surface area contributed by atoms with Crippen LogP contribution >= 0.6 is 22.9 Å². The number of halogens is 1. The van der Waals surface area contributed by atoms with Gasteiger partial charge in [-0.1, -0.05) is 17.9 Å². The number of thiophene rings is 1. The number of aryl methyl sites for hydroxylation is 1. The van der Waals surface area contributed by atoms with Crippen molar-refractivity contribution in [2.75, 3.05) is 13.7 Å². The first-order valence-electron chi connectivity index (χ1n) is 7.65. The molecule has 0 unspecified atom stereocenters. The van der Waals surface area contributed by atoms with Crippen LogP contribution in [0, 0.1) is 6.92 Å². The molecule has 2 aromatic heterocycles. The molecule has 0 atom stereocenters. The van der Waals surface area contributed by atoms with Gasteiger partial charge in [-0.25, -0.2) is 4.79 Å². The van der Waals surface area contributed by atoms with Crippen molar-refractivity contribution >= 4 is 47.0 Å². The van der Waals surface area contributed by atoms with Gasteiger partial charge in [-0.05, 0) is 31.2 Å². The summed E-state index contributed by atoms with van der Waals surface area (Å²) in [6, 6.07) is 7.40. The summed E-state index contributed by atoms with van der Waals surface area (Å²) in [5.41, 5.74) is 3.62. The van der Waals surface area contributed by atoms with Crippen molar-refractivity contribution in [2.24, 2.45) is 0 Å². The van der Waals surface area contributed by atoms with Crippen molar-refractivity contribution in [3.63, 3.8) is 0 Å². The molecule has 0 bridgehead atoms. The van der Waals surface area contributed by atoms with Crippen LogP contribution in [0.2, 0.25) is 11.3 Å². The normalized spacial score (nSPS) is 10.8. The Kier molecular flexibility index (Phi) is 5.30. The Morgan fingerprint density at radius 2 is 2.12 bits per heavy atom. The monoisotopic (exact) mass is 371 g/mol. The number of fused-ring (bicyclic) bond motifs is 1.